The van der Waals surface area contributed by atoms with Crippen LogP contribution in [0, 0.1) is 48.3 Å². The van der Waals surface area contributed by atoms with E-state index in [0.29, 0.717) is 35.5 Å². The Hall–Kier alpha value is -1.72. The first-order chi connectivity index (χ1) is 20.6. The Labute approximate surface area is 254 Å². The van der Waals surface area contributed by atoms with Crippen molar-refractivity contribution in [2.24, 2.45) is 41.4 Å². The molecule has 5 saturated carbocycles. The third-order valence-corrected chi connectivity index (χ3v) is 12.8. The van der Waals surface area contributed by atoms with Gasteiger partial charge in [-0.3, -0.25) is 0 Å². The van der Waals surface area contributed by atoms with Gasteiger partial charge in [0.1, 0.15) is 0 Å². The third kappa shape index (κ3) is 6.25. The molecule has 6 heteroatoms. The molecule has 7 rings (SSSR count). The lowest BCUT2D eigenvalue weighted by molar-refractivity contribution is -0.0179. The van der Waals surface area contributed by atoms with E-state index in [1.807, 2.05) is 6.92 Å². The summed E-state index contributed by atoms with van der Waals surface area (Å²) in [5.41, 5.74) is 0. The van der Waals surface area contributed by atoms with Gasteiger partial charge in [0.05, 0.1) is 0 Å². The summed E-state index contributed by atoms with van der Waals surface area (Å²) in [6.45, 7) is 4.34. The number of rotatable bonds is 7. The molecule has 8 atom stereocenters. The zero-order chi connectivity index (χ0) is 28.5. The van der Waals surface area contributed by atoms with Crippen molar-refractivity contribution < 1.29 is 8.83 Å². The van der Waals surface area contributed by atoms with E-state index in [0.717, 1.165) is 60.1 Å². The second-order valence-electron chi connectivity index (χ2n) is 15.6. The first-order valence-electron chi connectivity index (χ1n) is 18.3. The molecule has 0 amide bonds. The summed E-state index contributed by atoms with van der Waals surface area (Å²) in [5.74, 6) is 9.91. The lowest BCUT2D eigenvalue weighted by atomic mass is 9.51. The fourth-order valence-electron chi connectivity index (χ4n) is 10.9. The SMILES string of the molecule is Cc1nnc(C2CCC(c3nnc(C4CCCC(C)C4)o3)C3C(CC4CCCCC4)CCC(CC4CCCCC4)C23)o1. The molecule has 0 spiro atoms. The van der Waals surface area contributed by atoms with Crippen LogP contribution in [-0.2, 0) is 0 Å². The van der Waals surface area contributed by atoms with Gasteiger partial charge in [0.2, 0.25) is 23.6 Å². The van der Waals surface area contributed by atoms with Gasteiger partial charge in [0.25, 0.3) is 0 Å². The van der Waals surface area contributed by atoms with E-state index < -0.39 is 0 Å². The molecule has 5 aliphatic carbocycles. The number of hydrogen-bond acceptors (Lipinski definition) is 6. The topological polar surface area (TPSA) is 77.8 Å². The van der Waals surface area contributed by atoms with Crippen molar-refractivity contribution in [3.8, 4) is 0 Å². The van der Waals surface area contributed by atoms with Crippen LogP contribution in [-0.4, -0.2) is 20.4 Å². The van der Waals surface area contributed by atoms with E-state index in [4.69, 9.17) is 19.0 Å². The standard InChI is InChI=1S/C36H56N4O2/c1-23-10-9-15-29(20-23)34-38-40-36(42-34)31-19-18-30(35-39-37-24(2)41-35)32-27(21-25-11-5-3-6-12-25)16-17-28(33(31)32)22-26-13-7-4-8-14-26/h23,25-33H,3-22H2,1-2H3. The van der Waals surface area contributed by atoms with Crippen molar-refractivity contribution in [3.63, 3.8) is 0 Å². The first kappa shape index (κ1) is 29.0. The minimum absolute atomic E-state index is 0.372. The van der Waals surface area contributed by atoms with Crippen LogP contribution in [0.25, 0.3) is 0 Å². The molecular formula is C36H56N4O2. The average Bonchev–Trinajstić information content (AvgIpc) is 3.69. The predicted octanol–water partition coefficient (Wildman–Crippen LogP) is 9.92. The molecule has 0 saturated heterocycles. The van der Waals surface area contributed by atoms with Crippen LogP contribution in [0.4, 0.5) is 0 Å². The fourth-order valence-corrected chi connectivity index (χ4v) is 10.9. The molecule has 0 N–H and O–H groups in total. The molecule has 5 fully saturated rings. The normalized spacial score (nSPS) is 37.0. The minimum atomic E-state index is 0.372. The predicted molar refractivity (Wildman–Crippen MR) is 164 cm³/mol. The number of fused-ring (bicyclic) bond motifs is 1. The lowest BCUT2D eigenvalue weighted by Crippen LogP contribution is -2.45. The lowest BCUT2D eigenvalue weighted by Gasteiger charge is -2.53. The van der Waals surface area contributed by atoms with E-state index in [1.54, 1.807) is 0 Å². The molecule has 232 valence electrons. The summed E-state index contributed by atoms with van der Waals surface area (Å²) >= 11 is 0. The Morgan fingerprint density at radius 1 is 0.548 bits per heavy atom. The Balaban J connectivity index is 1.22. The second kappa shape index (κ2) is 13.1. The largest absolute Gasteiger partial charge is 0.425 e. The molecule has 0 aliphatic heterocycles. The summed E-state index contributed by atoms with van der Waals surface area (Å²) in [5, 5.41) is 18.7. The van der Waals surface area contributed by atoms with Gasteiger partial charge in [-0.05, 0) is 92.8 Å². The monoisotopic (exact) mass is 576 g/mol. The van der Waals surface area contributed by atoms with E-state index in [1.165, 1.54) is 116 Å². The number of aromatic nitrogens is 4. The highest BCUT2D eigenvalue weighted by Crippen LogP contribution is 2.60. The van der Waals surface area contributed by atoms with Crippen molar-refractivity contribution in [1.29, 1.82) is 0 Å². The van der Waals surface area contributed by atoms with E-state index in [-0.39, 0.29) is 0 Å². The van der Waals surface area contributed by atoms with E-state index in [9.17, 15) is 0 Å². The summed E-state index contributed by atoms with van der Waals surface area (Å²) in [7, 11) is 0. The maximum Gasteiger partial charge on any atom is 0.219 e. The minimum Gasteiger partial charge on any atom is -0.425 e. The maximum atomic E-state index is 6.75. The Morgan fingerprint density at radius 3 is 1.64 bits per heavy atom. The molecule has 42 heavy (non-hydrogen) atoms. The Morgan fingerprint density at radius 2 is 1.10 bits per heavy atom. The Kier molecular flexibility index (Phi) is 9.05. The van der Waals surface area contributed by atoms with Crippen LogP contribution in [0.5, 0.6) is 0 Å². The van der Waals surface area contributed by atoms with E-state index in [2.05, 4.69) is 17.1 Å². The molecule has 8 unspecified atom stereocenters. The molecule has 2 aromatic rings. The molecule has 2 heterocycles. The number of nitrogens with zero attached hydrogens (tertiary/aromatic N) is 4. The van der Waals surface area contributed by atoms with Gasteiger partial charge in [0, 0.05) is 24.7 Å². The van der Waals surface area contributed by atoms with Crippen LogP contribution in [0.15, 0.2) is 8.83 Å². The van der Waals surface area contributed by atoms with Gasteiger partial charge < -0.3 is 8.83 Å². The van der Waals surface area contributed by atoms with Crippen molar-refractivity contribution >= 4 is 0 Å². The quantitative estimate of drug-likeness (QED) is 0.326. The molecule has 0 bridgehead atoms. The average molecular weight is 577 g/mol. The summed E-state index contributed by atoms with van der Waals surface area (Å²) in [4.78, 5) is 0. The highest BCUT2D eigenvalue weighted by molar-refractivity contribution is 5.12. The fraction of sp³-hybridized carbons (Fsp3) is 0.889. The zero-order valence-corrected chi connectivity index (χ0v) is 26.5. The van der Waals surface area contributed by atoms with Crippen molar-refractivity contribution in [1.82, 2.24) is 20.4 Å². The highest BCUT2D eigenvalue weighted by atomic mass is 16.4. The van der Waals surface area contributed by atoms with Crippen LogP contribution < -0.4 is 0 Å². The third-order valence-electron chi connectivity index (χ3n) is 12.8. The smallest absolute Gasteiger partial charge is 0.219 e. The maximum absolute atomic E-state index is 6.75. The van der Waals surface area contributed by atoms with Crippen LogP contribution in [0.2, 0.25) is 0 Å². The van der Waals surface area contributed by atoms with Gasteiger partial charge in [-0.15, -0.1) is 20.4 Å². The van der Waals surface area contributed by atoms with Gasteiger partial charge in [-0.1, -0.05) is 84.0 Å². The molecule has 0 radical (unpaired) electrons. The van der Waals surface area contributed by atoms with Crippen LogP contribution in [0.3, 0.4) is 0 Å². The van der Waals surface area contributed by atoms with E-state index >= 15 is 0 Å². The molecule has 0 aromatic carbocycles. The van der Waals surface area contributed by atoms with Crippen molar-refractivity contribution in [3.05, 3.63) is 23.6 Å². The number of hydrogen-bond donors (Lipinski definition) is 0. The van der Waals surface area contributed by atoms with Gasteiger partial charge in [-0.25, -0.2) is 0 Å². The summed E-state index contributed by atoms with van der Waals surface area (Å²) < 4.78 is 13.0. The van der Waals surface area contributed by atoms with Crippen molar-refractivity contribution in [2.45, 2.75) is 160 Å². The van der Waals surface area contributed by atoms with Gasteiger partial charge >= 0.3 is 0 Å². The van der Waals surface area contributed by atoms with Gasteiger partial charge in [-0.2, -0.15) is 0 Å². The zero-order valence-electron chi connectivity index (χ0n) is 26.5. The molecular weight excluding hydrogens is 520 g/mol. The molecule has 6 nitrogen and oxygen atoms in total. The highest BCUT2D eigenvalue weighted by Gasteiger charge is 2.53. The van der Waals surface area contributed by atoms with Gasteiger partial charge in [0.15, 0.2) is 0 Å². The van der Waals surface area contributed by atoms with Crippen molar-refractivity contribution in [2.75, 3.05) is 0 Å². The molecule has 5 aliphatic rings. The summed E-state index contributed by atoms with van der Waals surface area (Å²) in [6.07, 6.45) is 27.1. The second-order valence-corrected chi connectivity index (χ2v) is 15.6. The Bertz CT molecular complexity index is 1130. The first-order valence-corrected chi connectivity index (χ1v) is 18.3. The molecule has 2 aromatic heterocycles. The summed E-state index contributed by atoms with van der Waals surface area (Å²) in [6, 6.07) is 0. The number of aryl methyl sites for hydroxylation is 1. The van der Waals surface area contributed by atoms with Crippen LogP contribution in [0.1, 0.15) is 177 Å². The van der Waals surface area contributed by atoms with Crippen LogP contribution >= 0.6 is 0 Å².